The van der Waals surface area contributed by atoms with E-state index in [2.05, 4.69) is 53.0 Å². The van der Waals surface area contributed by atoms with Gasteiger partial charge in [0.2, 0.25) is 0 Å². The second-order valence-corrected chi connectivity index (χ2v) is 7.70. The highest BCUT2D eigenvalue weighted by Crippen LogP contribution is 2.27. The highest BCUT2D eigenvalue weighted by molar-refractivity contribution is 6.13. The van der Waals surface area contributed by atoms with Crippen LogP contribution in [0.1, 0.15) is 5.56 Å². The summed E-state index contributed by atoms with van der Waals surface area (Å²) in [6, 6.07) is 36.3. The molecule has 0 heterocycles. The van der Waals surface area contributed by atoms with E-state index in [-0.39, 0.29) is 12.5 Å². The van der Waals surface area contributed by atoms with E-state index in [1.807, 2.05) is 66.7 Å². The van der Waals surface area contributed by atoms with Crippen LogP contribution in [0.15, 0.2) is 114 Å². The Labute approximate surface area is 192 Å². The number of hydrazone groups is 1. The van der Waals surface area contributed by atoms with Crippen LogP contribution in [0, 0.1) is 0 Å². The number of carbonyl (C=O) groups is 1. The largest absolute Gasteiger partial charge is 0.484 e. The van der Waals surface area contributed by atoms with Crippen LogP contribution in [0.2, 0.25) is 0 Å². The Hall–Kier alpha value is -4.44. The summed E-state index contributed by atoms with van der Waals surface area (Å²) in [5.74, 6) is 0.316. The van der Waals surface area contributed by atoms with Gasteiger partial charge in [-0.15, -0.1) is 0 Å². The Kier molecular flexibility index (Phi) is 5.81. The zero-order chi connectivity index (χ0) is 22.5. The van der Waals surface area contributed by atoms with Crippen LogP contribution in [0.4, 0.5) is 0 Å². The Bertz CT molecular complexity index is 1390. The van der Waals surface area contributed by atoms with Crippen molar-refractivity contribution in [3.63, 3.8) is 0 Å². The average molecular weight is 431 g/mol. The first kappa shape index (κ1) is 20.5. The molecule has 33 heavy (non-hydrogen) atoms. The van der Waals surface area contributed by atoms with Gasteiger partial charge in [0, 0.05) is 5.56 Å². The SMILES string of the molecule is O=C(COc1ccc(-c2ccccc2)cc1)N/N=C/c1c2ccccc2cc2ccccc12. The maximum atomic E-state index is 12.3. The minimum absolute atomic E-state index is 0.113. The number of rotatable bonds is 6. The highest BCUT2D eigenvalue weighted by atomic mass is 16.5. The molecule has 4 nitrogen and oxygen atoms in total. The first-order valence-corrected chi connectivity index (χ1v) is 10.8. The van der Waals surface area contributed by atoms with Gasteiger partial charge in [-0.25, -0.2) is 5.43 Å². The van der Waals surface area contributed by atoms with Gasteiger partial charge in [-0.05, 0) is 50.9 Å². The lowest BCUT2D eigenvalue weighted by molar-refractivity contribution is -0.123. The van der Waals surface area contributed by atoms with Gasteiger partial charge >= 0.3 is 0 Å². The second kappa shape index (κ2) is 9.37. The van der Waals surface area contributed by atoms with Crippen molar-refractivity contribution in [2.24, 2.45) is 5.10 Å². The molecule has 0 saturated carbocycles. The molecule has 5 aromatic rings. The number of fused-ring (bicyclic) bond motifs is 2. The van der Waals surface area contributed by atoms with Crippen LogP contribution in [-0.2, 0) is 4.79 Å². The minimum Gasteiger partial charge on any atom is -0.484 e. The smallest absolute Gasteiger partial charge is 0.277 e. The zero-order valence-corrected chi connectivity index (χ0v) is 17.9. The normalized spacial score (nSPS) is 11.2. The summed E-state index contributed by atoms with van der Waals surface area (Å²) in [7, 11) is 0. The van der Waals surface area contributed by atoms with E-state index in [0.717, 1.165) is 38.2 Å². The minimum atomic E-state index is -0.317. The third kappa shape index (κ3) is 4.60. The fourth-order valence-corrected chi connectivity index (χ4v) is 3.91. The van der Waals surface area contributed by atoms with Gasteiger partial charge in [-0.2, -0.15) is 5.10 Å². The molecule has 0 aliphatic carbocycles. The topological polar surface area (TPSA) is 50.7 Å². The molecule has 0 unspecified atom stereocenters. The van der Waals surface area contributed by atoms with Gasteiger partial charge in [-0.1, -0.05) is 91.0 Å². The first-order valence-electron chi connectivity index (χ1n) is 10.8. The van der Waals surface area contributed by atoms with Crippen molar-refractivity contribution in [3.8, 4) is 16.9 Å². The van der Waals surface area contributed by atoms with Gasteiger partial charge in [0.1, 0.15) is 5.75 Å². The Morgan fingerprint density at radius 3 is 1.97 bits per heavy atom. The van der Waals surface area contributed by atoms with Crippen molar-refractivity contribution >= 4 is 33.7 Å². The molecular formula is C29H22N2O2. The third-order valence-corrected chi connectivity index (χ3v) is 5.53. The summed E-state index contributed by atoms with van der Waals surface area (Å²) >= 11 is 0. The molecule has 5 rings (SSSR count). The van der Waals surface area contributed by atoms with Crippen LogP contribution in [0.3, 0.4) is 0 Å². The van der Waals surface area contributed by atoms with Crippen molar-refractivity contribution < 1.29 is 9.53 Å². The lowest BCUT2D eigenvalue weighted by atomic mass is 9.97. The molecule has 0 radical (unpaired) electrons. The molecule has 5 aromatic carbocycles. The Morgan fingerprint density at radius 1 is 0.727 bits per heavy atom. The molecule has 1 N–H and O–H groups in total. The van der Waals surface area contributed by atoms with Crippen molar-refractivity contribution in [2.45, 2.75) is 0 Å². The maximum absolute atomic E-state index is 12.3. The molecule has 0 spiro atoms. The van der Waals surface area contributed by atoms with Gasteiger partial charge in [0.25, 0.3) is 5.91 Å². The summed E-state index contributed by atoms with van der Waals surface area (Å²) in [6.07, 6.45) is 1.71. The number of nitrogens with one attached hydrogen (secondary N) is 1. The van der Waals surface area contributed by atoms with Gasteiger partial charge < -0.3 is 4.74 Å². The molecule has 0 saturated heterocycles. The standard InChI is InChI=1S/C29H22N2O2/c32-29(20-33-25-16-14-22(15-17-25)21-8-2-1-3-9-21)31-30-19-28-26-12-6-4-10-23(26)18-24-11-5-7-13-27(24)28/h1-19H,20H2,(H,31,32)/b30-19+. The number of hydrogen-bond acceptors (Lipinski definition) is 3. The van der Waals surface area contributed by atoms with Crippen LogP contribution >= 0.6 is 0 Å². The van der Waals surface area contributed by atoms with Crippen molar-refractivity contribution in [1.29, 1.82) is 0 Å². The summed E-state index contributed by atoms with van der Waals surface area (Å²) < 4.78 is 5.62. The molecule has 4 heteroatoms. The monoisotopic (exact) mass is 430 g/mol. The number of nitrogens with zero attached hydrogens (tertiary/aromatic N) is 1. The number of hydrogen-bond donors (Lipinski definition) is 1. The average Bonchev–Trinajstić information content (AvgIpc) is 2.88. The van der Waals surface area contributed by atoms with E-state index < -0.39 is 0 Å². The summed E-state index contributed by atoms with van der Waals surface area (Å²) in [4.78, 5) is 12.3. The number of benzene rings is 5. The van der Waals surface area contributed by atoms with E-state index in [1.54, 1.807) is 6.21 Å². The maximum Gasteiger partial charge on any atom is 0.277 e. The fraction of sp³-hybridized carbons (Fsp3) is 0.0345. The molecule has 0 bridgehead atoms. The highest BCUT2D eigenvalue weighted by Gasteiger charge is 2.06. The second-order valence-electron chi connectivity index (χ2n) is 7.70. The Morgan fingerprint density at radius 2 is 1.30 bits per heavy atom. The summed E-state index contributed by atoms with van der Waals surface area (Å²) in [5.41, 5.74) is 5.78. The number of amides is 1. The number of carbonyl (C=O) groups excluding carboxylic acids is 1. The van der Waals surface area contributed by atoms with E-state index in [1.165, 1.54) is 0 Å². The molecule has 160 valence electrons. The van der Waals surface area contributed by atoms with Gasteiger partial charge in [0.05, 0.1) is 6.21 Å². The van der Waals surface area contributed by atoms with Crippen molar-refractivity contribution in [2.75, 3.05) is 6.61 Å². The van der Waals surface area contributed by atoms with Crippen molar-refractivity contribution in [3.05, 3.63) is 115 Å². The van der Waals surface area contributed by atoms with Gasteiger partial charge in [-0.3, -0.25) is 4.79 Å². The molecule has 0 aliphatic heterocycles. The van der Waals surface area contributed by atoms with Crippen LogP contribution < -0.4 is 10.2 Å². The summed E-state index contributed by atoms with van der Waals surface area (Å²) in [6.45, 7) is -0.113. The number of ether oxygens (including phenoxy) is 1. The third-order valence-electron chi connectivity index (χ3n) is 5.53. The van der Waals surface area contributed by atoms with Gasteiger partial charge in [0.15, 0.2) is 6.61 Å². The molecule has 1 amide bonds. The van der Waals surface area contributed by atoms with Crippen LogP contribution in [0.5, 0.6) is 5.75 Å². The summed E-state index contributed by atoms with van der Waals surface area (Å²) in [5, 5.41) is 8.64. The van der Waals surface area contributed by atoms with E-state index in [4.69, 9.17) is 4.74 Å². The predicted octanol–water partition coefficient (Wildman–Crippen LogP) is 6.19. The van der Waals surface area contributed by atoms with Crippen LogP contribution in [0.25, 0.3) is 32.7 Å². The molecular weight excluding hydrogens is 408 g/mol. The van der Waals surface area contributed by atoms with E-state index in [0.29, 0.717) is 5.75 Å². The molecule has 0 fully saturated rings. The molecule has 0 atom stereocenters. The quantitative estimate of drug-likeness (QED) is 0.198. The predicted molar refractivity (Wildman–Crippen MR) is 135 cm³/mol. The van der Waals surface area contributed by atoms with Crippen LogP contribution in [-0.4, -0.2) is 18.7 Å². The lowest BCUT2D eigenvalue weighted by Gasteiger charge is -2.08. The Balaban J connectivity index is 1.25. The van der Waals surface area contributed by atoms with E-state index in [9.17, 15) is 4.79 Å². The first-order chi connectivity index (χ1) is 16.3. The zero-order valence-electron chi connectivity index (χ0n) is 17.9. The van der Waals surface area contributed by atoms with Crippen molar-refractivity contribution in [1.82, 2.24) is 5.43 Å². The molecule has 0 aliphatic rings. The fourth-order valence-electron chi connectivity index (χ4n) is 3.91. The van der Waals surface area contributed by atoms with E-state index >= 15 is 0 Å². The lowest BCUT2D eigenvalue weighted by Crippen LogP contribution is -2.24. The molecule has 0 aromatic heterocycles.